The molecule has 0 amide bonds. The Balaban J connectivity index is 2.02. The van der Waals surface area contributed by atoms with Gasteiger partial charge in [0.2, 0.25) is 10.0 Å². The lowest BCUT2D eigenvalue weighted by Crippen LogP contribution is -2.14. The second-order valence-electron chi connectivity index (χ2n) is 4.46. The van der Waals surface area contributed by atoms with Gasteiger partial charge >= 0.3 is 0 Å². The number of aromatic amines is 1. The first-order valence-corrected chi connectivity index (χ1v) is 8.02. The number of sulfonamides is 1. The Morgan fingerprint density at radius 1 is 1.20 bits per heavy atom. The first kappa shape index (κ1) is 14.4. The monoisotopic (exact) mass is 294 g/mol. The van der Waals surface area contributed by atoms with Crippen LogP contribution in [0.4, 0.5) is 11.4 Å². The normalized spacial score (nSPS) is 12.9. The number of aromatic nitrogens is 2. The van der Waals surface area contributed by atoms with Crippen molar-refractivity contribution in [3.8, 4) is 0 Å². The Labute approximate surface area is 118 Å². The summed E-state index contributed by atoms with van der Waals surface area (Å²) >= 11 is 0. The highest BCUT2D eigenvalue weighted by Crippen LogP contribution is 2.19. The number of hydrogen-bond donors (Lipinski definition) is 3. The molecule has 6 nitrogen and oxygen atoms in total. The van der Waals surface area contributed by atoms with E-state index in [1.807, 2.05) is 25.1 Å². The summed E-state index contributed by atoms with van der Waals surface area (Å²) in [5, 5.41) is 10.1. The summed E-state index contributed by atoms with van der Waals surface area (Å²) in [5.74, 6) is 0.0594. The molecule has 0 fully saturated rings. The van der Waals surface area contributed by atoms with Crippen molar-refractivity contribution in [3.05, 3.63) is 42.2 Å². The molecular weight excluding hydrogens is 276 g/mol. The van der Waals surface area contributed by atoms with E-state index in [-0.39, 0.29) is 11.8 Å². The van der Waals surface area contributed by atoms with E-state index in [0.717, 1.165) is 11.4 Å². The van der Waals surface area contributed by atoms with E-state index in [1.54, 1.807) is 25.3 Å². The molecule has 1 aromatic heterocycles. The highest BCUT2D eigenvalue weighted by molar-refractivity contribution is 7.92. The summed E-state index contributed by atoms with van der Waals surface area (Å²) in [6.45, 7) is 3.62. The fraction of sp³-hybridized carbons (Fsp3) is 0.308. The smallest absolute Gasteiger partial charge is 0.232 e. The molecule has 3 N–H and O–H groups in total. The van der Waals surface area contributed by atoms with Gasteiger partial charge in [-0.05, 0) is 44.2 Å². The molecule has 0 aliphatic heterocycles. The maximum Gasteiger partial charge on any atom is 0.232 e. The predicted molar refractivity (Wildman–Crippen MR) is 80.2 cm³/mol. The maximum absolute atomic E-state index is 11.4. The highest BCUT2D eigenvalue weighted by Gasteiger charge is 2.08. The number of benzene rings is 1. The van der Waals surface area contributed by atoms with Gasteiger partial charge in [-0.2, -0.15) is 5.10 Å². The Morgan fingerprint density at radius 3 is 2.40 bits per heavy atom. The van der Waals surface area contributed by atoms with Crippen molar-refractivity contribution >= 4 is 21.4 Å². The van der Waals surface area contributed by atoms with Crippen LogP contribution in [0.1, 0.15) is 25.6 Å². The quantitative estimate of drug-likeness (QED) is 0.763. The third-order valence-electron chi connectivity index (χ3n) is 2.91. The minimum absolute atomic E-state index is 0.0594. The molecule has 1 aromatic carbocycles. The van der Waals surface area contributed by atoms with E-state index in [0.29, 0.717) is 5.69 Å². The molecule has 0 saturated heterocycles. The molecule has 20 heavy (non-hydrogen) atoms. The number of hydrogen-bond acceptors (Lipinski definition) is 4. The van der Waals surface area contributed by atoms with Crippen molar-refractivity contribution in [2.24, 2.45) is 0 Å². The van der Waals surface area contributed by atoms with Crippen molar-refractivity contribution in [2.75, 3.05) is 15.8 Å². The van der Waals surface area contributed by atoms with Crippen LogP contribution < -0.4 is 10.0 Å². The molecule has 0 aliphatic rings. The molecule has 0 saturated carbocycles. The molecule has 2 rings (SSSR count). The van der Waals surface area contributed by atoms with Gasteiger partial charge in [-0.25, -0.2) is 8.42 Å². The van der Waals surface area contributed by atoms with E-state index in [9.17, 15) is 8.42 Å². The SMILES string of the molecule is CCS(=O)(=O)Nc1ccc(NC(C)c2ccn[nH]2)cc1. The third-order valence-corrected chi connectivity index (χ3v) is 4.22. The van der Waals surface area contributed by atoms with Crippen LogP contribution in [0.15, 0.2) is 36.5 Å². The molecule has 0 aliphatic carbocycles. The van der Waals surface area contributed by atoms with E-state index >= 15 is 0 Å². The zero-order valence-corrected chi connectivity index (χ0v) is 12.2. The molecule has 7 heteroatoms. The molecular formula is C13H18N4O2S. The van der Waals surface area contributed by atoms with Gasteiger partial charge in [0, 0.05) is 17.6 Å². The van der Waals surface area contributed by atoms with Crippen molar-refractivity contribution in [3.63, 3.8) is 0 Å². The zero-order chi connectivity index (χ0) is 14.6. The van der Waals surface area contributed by atoms with Crippen LogP contribution in [0.5, 0.6) is 0 Å². The van der Waals surface area contributed by atoms with Crippen LogP contribution in [-0.2, 0) is 10.0 Å². The van der Waals surface area contributed by atoms with Gasteiger partial charge in [0.25, 0.3) is 0 Å². The van der Waals surface area contributed by atoms with Crippen LogP contribution in [0, 0.1) is 0 Å². The highest BCUT2D eigenvalue weighted by atomic mass is 32.2. The molecule has 0 radical (unpaired) electrons. The molecule has 1 unspecified atom stereocenters. The van der Waals surface area contributed by atoms with Gasteiger partial charge in [-0.3, -0.25) is 9.82 Å². The third kappa shape index (κ3) is 3.74. The average molecular weight is 294 g/mol. The number of anilines is 2. The standard InChI is InChI=1S/C13H18N4O2S/c1-3-20(18,19)17-12-6-4-11(5-7-12)15-10(2)13-8-9-14-16-13/h4-10,15,17H,3H2,1-2H3,(H,14,16). The molecule has 108 valence electrons. The second-order valence-corrected chi connectivity index (χ2v) is 6.47. The topological polar surface area (TPSA) is 86.9 Å². The minimum atomic E-state index is -3.23. The lowest BCUT2D eigenvalue weighted by Gasteiger charge is -2.14. The Kier molecular flexibility index (Phi) is 4.29. The number of rotatable bonds is 6. The Morgan fingerprint density at radius 2 is 1.85 bits per heavy atom. The molecule has 1 atom stereocenters. The lowest BCUT2D eigenvalue weighted by molar-refractivity contribution is 0.602. The van der Waals surface area contributed by atoms with Gasteiger partial charge < -0.3 is 5.32 Å². The van der Waals surface area contributed by atoms with E-state index in [4.69, 9.17) is 0 Å². The summed E-state index contributed by atoms with van der Waals surface area (Å²) in [6.07, 6.45) is 1.70. The second kappa shape index (κ2) is 5.96. The van der Waals surface area contributed by atoms with Crippen molar-refractivity contribution in [1.29, 1.82) is 0 Å². The van der Waals surface area contributed by atoms with Crippen LogP contribution >= 0.6 is 0 Å². The largest absolute Gasteiger partial charge is 0.377 e. The average Bonchev–Trinajstić information content (AvgIpc) is 2.95. The van der Waals surface area contributed by atoms with Gasteiger partial charge in [0.15, 0.2) is 0 Å². The van der Waals surface area contributed by atoms with Crippen molar-refractivity contribution in [1.82, 2.24) is 10.2 Å². The summed E-state index contributed by atoms with van der Waals surface area (Å²) in [6, 6.07) is 9.13. The predicted octanol–water partition coefficient (Wildman–Crippen LogP) is 2.34. The van der Waals surface area contributed by atoms with Gasteiger partial charge in [-0.15, -0.1) is 0 Å². The first-order chi connectivity index (χ1) is 9.50. The lowest BCUT2D eigenvalue weighted by atomic mass is 10.2. The van der Waals surface area contributed by atoms with Crippen LogP contribution in [0.3, 0.4) is 0 Å². The number of nitrogens with one attached hydrogen (secondary N) is 3. The van der Waals surface area contributed by atoms with E-state index in [1.165, 1.54) is 0 Å². The van der Waals surface area contributed by atoms with Crippen LogP contribution in [0.25, 0.3) is 0 Å². The molecule has 2 aromatic rings. The fourth-order valence-corrected chi connectivity index (χ4v) is 2.36. The van der Waals surface area contributed by atoms with E-state index in [2.05, 4.69) is 20.2 Å². The maximum atomic E-state index is 11.4. The summed E-state index contributed by atoms with van der Waals surface area (Å²) in [5.41, 5.74) is 2.46. The summed E-state index contributed by atoms with van der Waals surface area (Å²) in [4.78, 5) is 0. The number of nitrogens with zero attached hydrogens (tertiary/aromatic N) is 1. The Hall–Kier alpha value is -2.02. The first-order valence-electron chi connectivity index (χ1n) is 6.36. The van der Waals surface area contributed by atoms with Gasteiger partial charge in [0.1, 0.15) is 0 Å². The Bertz CT molecular complexity index is 636. The van der Waals surface area contributed by atoms with Crippen molar-refractivity contribution in [2.45, 2.75) is 19.9 Å². The zero-order valence-electron chi connectivity index (χ0n) is 11.4. The number of H-pyrrole nitrogens is 1. The van der Waals surface area contributed by atoms with Crippen LogP contribution in [-0.4, -0.2) is 24.4 Å². The van der Waals surface area contributed by atoms with E-state index < -0.39 is 10.0 Å². The molecule has 0 bridgehead atoms. The van der Waals surface area contributed by atoms with Gasteiger partial charge in [0.05, 0.1) is 17.5 Å². The summed E-state index contributed by atoms with van der Waals surface area (Å²) in [7, 11) is -3.23. The van der Waals surface area contributed by atoms with Gasteiger partial charge in [-0.1, -0.05) is 0 Å². The van der Waals surface area contributed by atoms with Crippen molar-refractivity contribution < 1.29 is 8.42 Å². The van der Waals surface area contributed by atoms with Crippen LogP contribution in [0.2, 0.25) is 0 Å². The minimum Gasteiger partial charge on any atom is -0.377 e. The molecule has 0 spiro atoms. The fourth-order valence-electron chi connectivity index (χ4n) is 1.72. The molecule has 1 heterocycles. The summed E-state index contributed by atoms with van der Waals surface area (Å²) < 4.78 is 25.4.